The summed E-state index contributed by atoms with van der Waals surface area (Å²) in [6.07, 6.45) is 1.12. The van der Waals surface area contributed by atoms with Crippen molar-refractivity contribution in [2.75, 3.05) is 24.5 Å². The first-order chi connectivity index (χ1) is 9.08. The third-order valence-corrected chi connectivity index (χ3v) is 3.52. The zero-order valence-electron chi connectivity index (χ0n) is 11.6. The molecule has 0 bridgehead atoms. The summed E-state index contributed by atoms with van der Waals surface area (Å²) in [5.41, 5.74) is 1.38. The van der Waals surface area contributed by atoms with Gasteiger partial charge in [0, 0.05) is 31.4 Å². The smallest absolute Gasteiger partial charge is 0.335 e. The summed E-state index contributed by atoms with van der Waals surface area (Å²) in [4.78, 5) is 13.4. The second kappa shape index (κ2) is 6.06. The van der Waals surface area contributed by atoms with Gasteiger partial charge in [0.2, 0.25) is 0 Å². The molecule has 2 rings (SSSR count). The molecule has 0 radical (unpaired) electrons. The molecule has 104 valence electrons. The van der Waals surface area contributed by atoms with Crippen LogP contribution in [-0.2, 0) is 0 Å². The van der Waals surface area contributed by atoms with E-state index in [1.165, 1.54) is 0 Å². The quantitative estimate of drug-likeness (QED) is 0.873. The average Bonchev–Trinajstić information content (AvgIpc) is 2.39. The van der Waals surface area contributed by atoms with E-state index in [0.29, 0.717) is 17.5 Å². The zero-order valence-corrected chi connectivity index (χ0v) is 11.6. The first kappa shape index (κ1) is 13.9. The van der Waals surface area contributed by atoms with Gasteiger partial charge in [-0.1, -0.05) is 19.9 Å². The molecule has 4 heteroatoms. The first-order valence-electron chi connectivity index (χ1n) is 6.88. The normalized spacial score (nSPS) is 19.7. The molecule has 1 aromatic carbocycles. The number of nitrogens with one attached hydrogen (secondary N) is 1. The zero-order chi connectivity index (χ0) is 13.8. The van der Waals surface area contributed by atoms with Crippen molar-refractivity contribution in [1.82, 2.24) is 5.32 Å². The fraction of sp³-hybridized carbons (Fsp3) is 0.533. The maximum Gasteiger partial charge on any atom is 0.335 e. The van der Waals surface area contributed by atoms with E-state index in [4.69, 9.17) is 5.11 Å². The number of carboxylic acids is 1. The fourth-order valence-electron chi connectivity index (χ4n) is 2.67. The summed E-state index contributed by atoms with van der Waals surface area (Å²) in [6, 6.07) is 7.70. The van der Waals surface area contributed by atoms with Crippen molar-refractivity contribution in [2.45, 2.75) is 26.3 Å². The molecule has 1 aliphatic heterocycles. The Morgan fingerprint density at radius 1 is 1.53 bits per heavy atom. The molecule has 1 atom stereocenters. The van der Waals surface area contributed by atoms with Gasteiger partial charge in [0.25, 0.3) is 0 Å². The Morgan fingerprint density at radius 2 is 2.32 bits per heavy atom. The van der Waals surface area contributed by atoms with E-state index in [1.807, 2.05) is 12.1 Å². The molecule has 1 heterocycles. The molecule has 0 aliphatic carbocycles. The summed E-state index contributed by atoms with van der Waals surface area (Å²) in [6.45, 7) is 7.29. The van der Waals surface area contributed by atoms with Gasteiger partial charge in [0.15, 0.2) is 0 Å². The van der Waals surface area contributed by atoms with Crippen LogP contribution in [0.2, 0.25) is 0 Å². The molecule has 1 saturated heterocycles. The average molecular weight is 262 g/mol. The fourth-order valence-corrected chi connectivity index (χ4v) is 2.67. The van der Waals surface area contributed by atoms with Gasteiger partial charge in [-0.2, -0.15) is 0 Å². The van der Waals surface area contributed by atoms with Gasteiger partial charge in [0.05, 0.1) is 5.56 Å². The van der Waals surface area contributed by atoms with Crippen molar-refractivity contribution in [3.63, 3.8) is 0 Å². The number of hydrogen-bond donors (Lipinski definition) is 2. The van der Waals surface area contributed by atoms with Gasteiger partial charge >= 0.3 is 5.97 Å². The van der Waals surface area contributed by atoms with E-state index in [9.17, 15) is 4.79 Å². The van der Waals surface area contributed by atoms with Gasteiger partial charge in [-0.15, -0.1) is 0 Å². The number of rotatable bonds is 4. The van der Waals surface area contributed by atoms with E-state index in [0.717, 1.165) is 31.7 Å². The molecule has 1 aliphatic rings. The third-order valence-electron chi connectivity index (χ3n) is 3.52. The van der Waals surface area contributed by atoms with Crippen LogP contribution in [0.4, 0.5) is 5.69 Å². The third kappa shape index (κ3) is 3.47. The lowest BCUT2D eigenvalue weighted by atomic mass is 10.00. The van der Waals surface area contributed by atoms with Gasteiger partial charge in [-0.05, 0) is 30.5 Å². The molecule has 1 fully saturated rings. The lowest BCUT2D eigenvalue weighted by molar-refractivity contribution is 0.0697. The maximum atomic E-state index is 11.1. The Hall–Kier alpha value is -1.55. The number of piperazine rings is 1. The molecule has 19 heavy (non-hydrogen) atoms. The predicted molar refractivity (Wildman–Crippen MR) is 76.9 cm³/mol. The van der Waals surface area contributed by atoms with Crippen LogP contribution < -0.4 is 10.2 Å². The molecular weight excluding hydrogens is 240 g/mol. The second-order valence-electron chi connectivity index (χ2n) is 5.54. The van der Waals surface area contributed by atoms with Crippen LogP contribution in [0.3, 0.4) is 0 Å². The van der Waals surface area contributed by atoms with Gasteiger partial charge in [-0.3, -0.25) is 0 Å². The van der Waals surface area contributed by atoms with Crippen molar-refractivity contribution in [3.05, 3.63) is 29.8 Å². The van der Waals surface area contributed by atoms with Gasteiger partial charge in [0.1, 0.15) is 0 Å². The number of anilines is 1. The van der Waals surface area contributed by atoms with Gasteiger partial charge < -0.3 is 15.3 Å². The van der Waals surface area contributed by atoms with E-state index in [2.05, 4.69) is 24.1 Å². The Bertz CT molecular complexity index is 446. The highest BCUT2D eigenvalue weighted by atomic mass is 16.4. The minimum absolute atomic E-state index is 0.360. The van der Waals surface area contributed by atoms with Crippen LogP contribution in [-0.4, -0.2) is 36.8 Å². The molecule has 1 aromatic rings. The Balaban J connectivity index is 2.21. The van der Waals surface area contributed by atoms with E-state index in [-0.39, 0.29) is 0 Å². The van der Waals surface area contributed by atoms with E-state index < -0.39 is 5.97 Å². The Morgan fingerprint density at radius 3 is 3.00 bits per heavy atom. The van der Waals surface area contributed by atoms with Crippen LogP contribution in [0.25, 0.3) is 0 Å². The minimum atomic E-state index is -0.864. The number of carboxylic acid groups (broad SMARTS) is 1. The predicted octanol–water partition coefficient (Wildman–Crippen LogP) is 2.21. The van der Waals surface area contributed by atoms with Crippen molar-refractivity contribution < 1.29 is 9.90 Å². The summed E-state index contributed by atoms with van der Waals surface area (Å²) in [7, 11) is 0. The summed E-state index contributed by atoms with van der Waals surface area (Å²) >= 11 is 0. The number of hydrogen-bond acceptors (Lipinski definition) is 3. The van der Waals surface area contributed by atoms with Crippen LogP contribution in [0.5, 0.6) is 0 Å². The van der Waals surface area contributed by atoms with Crippen molar-refractivity contribution in [3.8, 4) is 0 Å². The maximum absolute atomic E-state index is 11.1. The molecule has 0 unspecified atom stereocenters. The monoisotopic (exact) mass is 262 g/mol. The number of carbonyl (C=O) groups is 1. The molecule has 2 N–H and O–H groups in total. The summed E-state index contributed by atoms with van der Waals surface area (Å²) in [5.74, 6) is -0.229. The highest BCUT2D eigenvalue weighted by Crippen LogP contribution is 2.23. The SMILES string of the molecule is CC(C)C[C@H]1CNCCN1c1cccc(C(=O)O)c1. The van der Waals surface area contributed by atoms with E-state index >= 15 is 0 Å². The topological polar surface area (TPSA) is 52.6 Å². The van der Waals surface area contributed by atoms with Crippen molar-refractivity contribution in [1.29, 1.82) is 0 Å². The highest BCUT2D eigenvalue weighted by molar-refractivity contribution is 5.88. The number of aromatic carboxylic acids is 1. The standard InChI is InChI=1S/C15H22N2O2/c1-11(2)8-14-10-16-6-7-17(14)13-5-3-4-12(9-13)15(18)19/h3-5,9,11,14,16H,6-8,10H2,1-2H3,(H,18,19)/t14-/m0/s1. The molecule has 0 amide bonds. The van der Waals surface area contributed by atoms with Crippen LogP contribution in [0.1, 0.15) is 30.6 Å². The molecule has 0 aromatic heterocycles. The number of nitrogens with zero attached hydrogens (tertiary/aromatic N) is 1. The van der Waals surface area contributed by atoms with E-state index in [1.54, 1.807) is 12.1 Å². The largest absolute Gasteiger partial charge is 0.478 e. The van der Waals surface area contributed by atoms with Gasteiger partial charge in [-0.25, -0.2) is 4.79 Å². The summed E-state index contributed by atoms with van der Waals surface area (Å²) in [5, 5.41) is 12.5. The van der Waals surface area contributed by atoms with Crippen LogP contribution in [0.15, 0.2) is 24.3 Å². The lowest BCUT2D eigenvalue weighted by Crippen LogP contribution is -2.52. The Kier molecular flexibility index (Phi) is 4.43. The van der Waals surface area contributed by atoms with Crippen molar-refractivity contribution >= 4 is 11.7 Å². The molecule has 4 nitrogen and oxygen atoms in total. The molecule has 0 spiro atoms. The second-order valence-corrected chi connectivity index (χ2v) is 5.54. The van der Waals surface area contributed by atoms with Crippen LogP contribution in [0, 0.1) is 5.92 Å². The molecular formula is C15H22N2O2. The number of benzene rings is 1. The van der Waals surface area contributed by atoms with Crippen LogP contribution >= 0.6 is 0 Å². The summed E-state index contributed by atoms with van der Waals surface area (Å²) < 4.78 is 0. The Labute approximate surface area is 114 Å². The minimum Gasteiger partial charge on any atom is -0.478 e. The first-order valence-corrected chi connectivity index (χ1v) is 6.88. The highest BCUT2D eigenvalue weighted by Gasteiger charge is 2.23. The van der Waals surface area contributed by atoms with Crippen molar-refractivity contribution in [2.24, 2.45) is 5.92 Å². The molecule has 0 saturated carbocycles. The lowest BCUT2D eigenvalue weighted by Gasteiger charge is -2.39.